The van der Waals surface area contributed by atoms with Gasteiger partial charge in [-0.3, -0.25) is 0 Å². The van der Waals surface area contributed by atoms with Gasteiger partial charge in [0.2, 0.25) is 0 Å². The van der Waals surface area contributed by atoms with E-state index in [0.717, 1.165) is 12.1 Å². The molecule has 6 nitrogen and oxygen atoms in total. The zero-order chi connectivity index (χ0) is 14.7. The summed E-state index contributed by atoms with van der Waals surface area (Å²) in [5, 5.41) is 27.7. The molecule has 2 aromatic rings. The standard InChI is InChI=1S/C14H10O6.K.H/c15-10-6-9(7-11(16)12(10)17)14(19)20-13(18)8-4-2-1-3-5-8;;/h1-7,15-17H;;. The van der Waals surface area contributed by atoms with Crippen LogP contribution in [0.5, 0.6) is 17.2 Å². The fourth-order valence-corrected chi connectivity index (χ4v) is 1.50. The SMILES string of the molecule is O=C(OC(=O)c1cc(O)c(O)c(O)c1)c1ccccc1.[KH]. The molecule has 0 spiro atoms. The molecule has 0 aliphatic carbocycles. The van der Waals surface area contributed by atoms with Crippen LogP contribution in [-0.4, -0.2) is 78.6 Å². The minimum absolute atomic E-state index is 0. The Labute approximate surface area is 162 Å². The Bertz CT molecular complexity index is 645. The molecule has 0 radical (unpaired) electrons. The molecular formula is C14H11KO6. The number of hydrogen-bond acceptors (Lipinski definition) is 6. The number of carbonyl (C=O) groups is 2. The average Bonchev–Trinajstić information content (AvgIpc) is 2.45. The third-order valence-electron chi connectivity index (χ3n) is 2.50. The van der Waals surface area contributed by atoms with Gasteiger partial charge in [-0.05, 0) is 24.3 Å². The van der Waals surface area contributed by atoms with Crippen molar-refractivity contribution in [2.75, 3.05) is 0 Å². The van der Waals surface area contributed by atoms with Gasteiger partial charge < -0.3 is 20.1 Å². The fourth-order valence-electron chi connectivity index (χ4n) is 1.50. The molecule has 104 valence electrons. The fraction of sp³-hybridized carbons (Fsp3) is 0. The first-order valence-corrected chi connectivity index (χ1v) is 5.55. The van der Waals surface area contributed by atoms with E-state index < -0.39 is 29.2 Å². The van der Waals surface area contributed by atoms with Gasteiger partial charge >= 0.3 is 63.3 Å². The van der Waals surface area contributed by atoms with Gasteiger partial charge in [0.05, 0.1) is 11.1 Å². The van der Waals surface area contributed by atoms with E-state index in [-0.39, 0.29) is 62.5 Å². The quantitative estimate of drug-likeness (QED) is 0.332. The number of aromatic hydroxyl groups is 3. The van der Waals surface area contributed by atoms with Crippen LogP contribution >= 0.6 is 0 Å². The summed E-state index contributed by atoms with van der Waals surface area (Å²) in [6.07, 6.45) is 0. The van der Waals surface area contributed by atoms with Gasteiger partial charge in [0.25, 0.3) is 0 Å². The molecule has 0 heterocycles. The Kier molecular flexibility index (Phi) is 6.37. The molecule has 0 saturated carbocycles. The van der Waals surface area contributed by atoms with Crippen molar-refractivity contribution in [1.29, 1.82) is 0 Å². The van der Waals surface area contributed by atoms with E-state index in [1.54, 1.807) is 18.2 Å². The Balaban J connectivity index is 0.00000220. The van der Waals surface area contributed by atoms with Gasteiger partial charge in [-0.2, -0.15) is 0 Å². The average molecular weight is 314 g/mol. The molecule has 0 saturated heterocycles. The summed E-state index contributed by atoms with van der Waals surface area (Å²) in [6.45, 7) is 0. The topological polar surface area (TPSA) is 104 Å². The normalized spacial score (nSPS) is 9.52. The number of benzene rings is 2. The predicted octanol–water partition coefficient (Wildman–Crippen LogP) is 1.15. The molecular weight excluding hydrogens is 303 g/mol. The zero-order valence-electron chi connectivity index (χ0n) is 10.1. The van der Waals surface area contributed by atoms with Gasteiger partial charge in [0.1, 0.15) is 0 Å². The van der Waals surface area contributed by atoms with Crippen molar-refractivity contribution in [2.45, 2.75) is 0 Å². The van der Waals surface area contributed by atoms with Gasteiger partial charge in [-0.25, -0.2) is 9.59 Å². The van der Waals surface area contributed by atoms with E-state index in [4.69, 9.17) is 5.11 Å². The molecule has 21 heavy (non-hydrogen) atoms. The molecule has 7 heteroatoms. The number of hydrogen-bond donors (Lipinski definition) is 3. The molecule has 0 fully saturated rings. The van der Waals surface area contributed by atoms with E-state index in [9.17, 15) is 19.8 Å². The second kappa shape index (κ2) is 7.58. The molecule has 2 rings (SSSR count). The van der Waals surface area contributed by atoms with Crippen LogP contribution in [0.3, 0.4) is 0 Å². The summed E-state index contributed by atoms with van der Waals surface area (Å²) in [5.74, 6) is -4.05. The molecule has 0 bridgehead atoms. The molecule has 0 amide bonds. The maximum atomic E-state index is 11.7. The van der Waals surface area contributed by atoms with Crippen LogP contribution in [0, 0.1) is 0 Å². The Morgan fingerprint density at radius 3 is 1.81 bits per heavy atom. The van der Waals surface area contributed by atoms with Gasteiger partial charge in [-0.1, -0.05) is 18.2 Å². The summed E-state index contributed by atoms with van der Waals surface area (Å²) in [6, 6.07) is 9.64. The molecule has 0 atom stereocenters. The number of phenols is 3. The van der Waals surface area contributed by atoms with E-state index in [1.165, 1.54) is 12.1 Å². The van der Waals surface area contributed by atoms with Crippen LogP contribution in [0.25, 0.3) is 0 Å². The summed E-state index contributed by atoms with van der Waals surface area (Å²) in [7, 11) is 0. The molecule has 2 aromatic carbocycles. The first-order chi connectivity index (χ1) is 9.49. The monoisotopic (exact) mass is 314 g/mol. The number of rotatable bonds is 2. The van der Waals surface area contributed by atoms with Crippen molar-refractivity contribution < 1.29 is 29.6 Å². The van der Waals surface area contributed by atoms with Crippen LogP contribution in [0.1, 0.15) is 20.7 Å². The third-order valence-corrected chi connectivity index (χ3v) is 2.50. The maximum absolute atomic E-state index is 11.7. The first-order valence-electron chi connectivity index (χ1n) is 5.55. The molecule has 0 aliphatic rings. The number of ether oxygens (including phenoxy) is 1. The van der Waals surface area contributed by atoms with Crippen molar-refractivity contribution in [3.8, 4) is 17.2 Å². The van der Waals surface area contributed by atoms with Crippen LogP contribution in [0.2, 0.25) is 0 Å². The van der Waals surface area contributed by atoms with Gasteiger partial charge in [0, 0.05) is 0 Å². The van der Waals surface area contributed by atoms with Gasteiger partial charge in [-0.15, -0.1) is 0 Å². The Hall–Kier alpha value is -1.38. The minimum atomic E-state index is -1.05. The van der Waals surface area contributed by atoms with E-state index in [2.05, 4.69) is 4.74 Å². The van der Waals surface area contributed by atoms with E-state index >= 15 is 0 Å². The number of esters is 2. The van der Waals surface area contributed by atoms with Crippen molar-refractivity contribution in [2.24, 2.45) is 0 Å². The predicted molar refractivity (Wildman–Crippen MR) is 74.8 cm³/mol. The molecule has 0 aliphatic heterocycles. The molecule has 0 aromatic heterocycles. The summed E-state index contributed by atoms with van der Waals surface area (Å²) >= 11 is 0. The zero-order valence-corrected chi connectivity index (χ0v) is 10.1. The second-order valence-corrected chi connectivity index (χ2v) is 3.91. The van der Waals surface area contributed by atoms with E-state index in [0.29, 0.717) is 0 Å². The van der Waals surface area contributed by atoms with Crippen molar-refractivity contribution >= 4 is 63.3 Å². The van der Waals surface area contributed by atoms with Crippen LogP contribution < -0.4 is 0 Å². The summed E-state index contributed by atoms with van der Waals surface area (Å²) < 4.78 is 4.59. The Morgan fingerprint density at radius 1 is 0.810 bits per heavy atom. The molecule has 0 unspecified atom stereocenters. The molecule has 3 N–H and O–H groups in total. The van der Waals surface area contributed by atoms with Crippen molar-refractivity contribution in [3.63, 3.8) is 0 Å². The second-order valence-electron chi connectivity index (χ2n) is 3.91. The first kappa shape index (κ1) is 17.7. The summed E-state index contributed by atoms with van der Waals surface area (Å²) in [4.78, 5) is 23.3. The van der Waals surface area contributed by atoms with Gasteiger partial charge in [0.15, 0.2) is 17.2 Å². The summed E-state index contributed by atoms with van der Waals surface area (Å²) in [5.41, 5.74) is -0.0739. The Morgan fingerprint density at radius 2 is 1.29 bits per heavy atom. The van der Waals surface area contributed by atoms with Crippen LogP contribution in [-0.2, 0) is 4.74 Å². The number of carbonyl (C=O) groups excluding carboxylic acids is 2. The van der Waals surface area contributed by atoms with Crippen LogP contribution in [0.4, 0.5) is 0 Å². The van der Waals surface area contributed by atoms with E-state index in [1.807, 2.05) is 0 Å². The van der Waals surface area contributed by atoms with Crippen LogP contribution in [0.15, 0.2) is 42.5 Å². The third kappa shape index (κ3) is 4.29. The number of phenolic OH excluding ortho intramolecular Hbond substituents is 3. The van der Waals surface area contributed by atoms with Crippen molar-refractivity contribution in [3.05, 3.63) is 53.6 Å². The van der Waals surface area contributed by atoms with Crippen molar-refractivity contribution in [1.82, 2.24) is 0 Å².